The maximum atomic E-state index is 13.4. The van der Waals surface area contributed by atoms with Gasteiger partial charge in [-0.05, 0) is 71.4 Å². The summed E-state index contributed by atoms with van der Waals surface area (Å²) in [6.07, 6.45) is -0.606. The average Bonchev–Trinajstić information content (AvgIpc) is 2.10. The van der Waals surface area contributed by atoms with E-state index >= 15 is 0 Å². The second kappa shape index (κ2) is 5.51. The van der Waals surface area contributed by atoms with Crippen molar-refractivity contribution in [3.05, 3.63) is 26.0 Å². The lowest BCUT2D eigenvalue weighted by Crippen LogP contribution is -2.27. The van der Waals surface area contributed by atoms with Gasteiger partial charge >= 0.3 is 6.09 Å². The van der Waals surface area contributed by atoms with E-state index in [1.807, 2.05) is 22.6 Å². The van der Waals surface area contributed by atoms with Gasteiger partial charge < -0.3 is 4.74 Å². The van der Waals surface area contributed by atoms with Gasteiger partial charge in [0.15, 0.2) is 0 Å². The summed E-state index contributed by atoms with van der Waals surface area (Å²) in [7, 11) is 0. The minimum Gasteiger partial charge on any atom is -0.444 e. The fraction of sp³-hybridized carbons (Fsp3) is 0.364. The number of halogens is 3. The van der Waals surface area contributed by atoms with Crippen LogP contribution >= 0.6 is 38.5 Å². The van der Waals surface area contributed by atoms with Crippen LogP contribution in [0.2, 0.25) is 0 Å². The van der Waals surface area contributed by atoms with Crippen molar-refractivity contribution in [2.24, 2.45) is 0 Å². The molecule has 1 N–H and O–H groups in total. The molecule has 0 atom stereocenters. The fourth-order valence-corrected chi connectivity index (χ4v) is 1.80. The summed E-state index contributed by atoms with van der Waals surface area (Å²) in [5, 5.41) is 2.47. The molecule has 0 aromatic heterocycles. The highest BCUT2D eigenvalue weighted by Gasteiger charge is 2.17. The molecule has 1 aromatic carbocycles. The van der Waals surface area contributed by atoms with Crippen molar-refractivity contribution in [1.82, 2.24) is 0 Å². The summed E-state index contributed by atoms with van der Waals surface area (Å²) < 4.78 is 19.5. The van der Waals surface area contributed by atoms with E-state index in [0.717, 1.165) is 0 Å². The molecule has 17 heavy (non-hydrogen) atoms. The number of rotatable bonds is 1. The highest BCUT2D eigenvalue weighted by Crippen LogP contribution is 2.26. The number of carbonyl (C=O) groups is 1. The van der Waals surface area contributed by atoms with Crippen LogP contribution in [-0.4, -0.2) is 11.7 Å². The first-order chi connectivity index (χ1) is 7.69. The molecule has 0 saturated heterocycles. The van der Waals surface area contributed by atoms with Crippen molar-refractivity contribution in [2.75, 3.05) is 5.32 Å². The van der Waals surface area contributed by atoms with E-state index in [1.54, 1.807) is 26.8 Å². The molecule has 0 bridgehead atoms. The number of benzene rings is 1. The predicted molar refractivity (Wildman–Crippen MR) is 76.7 cm³/mol. The monoisotopic (exact) mass is 415 g/mol. The Morgan fingerprint density at radius 2 is 2.06 bits per heavy atom. The summed E-state index contributed by atoms with van der Waals surface area (Å²) >= 11 is 5.08. The van der Waals surface area contributed by atoms with Crippen LogP contribution in [0.3, 0.4) is 0 Å². The normalized spacial score (nSPS) is 11.2. The standard InChI is InChI=1S/C11H12BrFINO2/c1-11(2,3)17-10(16)15-6-4-7(12)9(14)8(13)5-6/h4-5H,1-3H3,(H,15,16). The van der Waals surface area contributed by atoms with Gasteiger partial charge in [0.25, 0.3) is 0 Å². The number of carbonyl (C=O) groups excluding carboxylic acids is 1. The Bertz CT molecular complexity index is 423. The van der Waals surface area contributed by atoms with Gasteiger partial charge in [0.05, 0.1) is 3.57 Å². The minimum absolute atomic E-state index is 0.351. The first-order valence-corrected chi connectivity index (χ1v) is 6.71. The molecule has 0 saturated carbocycles. The summed E-state index contributed by atoms with van der Waals surface area (Å²) in [5.74, 6) is -0.397. The average molecular weight is 416 g/mol. The molecular weight excluding hydrogens is 404 g/mol. The second-order valence-corrected chi connectivity index (χ2v) is 6.31. The van der Waals surface area contributed by atoms with Crippen LogP contribution in [0.1, 0.15) is 20.8 Å². The summed E-state index contributed by atoms with van der Waals surface area (Å²) in [5.41, 5.74) is -0.229. The molecule has 0 spiro atoms. The molecule has 6 heteroatoms. The van der Waals surface area contributed by atoms with Gasteiger partial charge in [-0.3, -0.25) is 5.32 Å². The molecule has 1 rings (SSSR count). The number of hydrogen-bond acceptors (Lipinski definition) is 2. The molecule has 0 unspecified atom stereocenters. The Morgan fingerprint density at radius 3 is 2.53 bits per heavy atom. The van der Waals surface area contributed by atoms with Gasteiger partial charge in [-0.15, -0.1) is 0 Å². The van der Waals surface area contributed by atoms with Crippen LogP contribution in [-0.2, 0) is 4.74 Å². The summed E-state index contributed by atoms with van der Waals surface area (Å²) in [6.45, 7) is 5.28. The number of anilines is 1. The van der Waals surface area contributed by atoms with Crippen LogP contribution in [0.4, 0.5) is 14.9 Å². The van der Waals surface area contributed by atoms with Gasteiger partial charge in [-0.2, -0.15) is 0 Å². The molecule has 0 aliphatic heterocycles. The second-order valence-electron chi connectivity index (χ2n) is 4.38. The Balaban J connectivity index is 2.79. The summed E-state index contributed by atoms with van der Waals surface area (Å²) in [6, 6.07) is 2.87. The van der Waals surface area contributed by atoms with E-state index in [4.69, 9.17) is 4.74 Å². The zero-order valence-electron chi connectivity index (χ0n) is 9.61. The lowest BCUT2D eigenvalue weighted by molar-refractivity contribution is 0.0636. The maximum Gasteiger partial charge on any atom is 0.412 e. The molecule has 1 amide bonds. The predicted octanol–water partition coefficient (Wildman–Crippen LogP) is 4.54. The van der Waals surface area contributed by atoms with Crippen molar-refractivity contribution in [1.29, 1.82) is 0 Å². The maximum absolute atomic E-state index is 13.4. The molecule has 0 heterocycles. The molecule has 3 nitrogen and oxygen atoms in total. The van der Waals surface area contributed by atoms with E-state index in [9.17, 15) is 9.18 Å². The third-order valence-corrected chi connectivity index (χ3v) is 4.09. The highest BCUT2D eigenvalue weighted by atomic mass is 127. The van der Waals surface area contributed by atoms with Crippen LogP contribution in [0.5, 0.6) is 0 Å². The Morgan fingerprint density at radius 1 is 1.47 bits per heavy atom. The Hall–Kier alpha value is -0.370. The smallest absolute Gasteiger partial charge is 0.412 e. The van der Waals surface area contributed by atoms with E-state index in [2.05, 4.69) is 21.2 Å². The molecule has 0 aliphatic rings. The van der Waals surface area contributed by atoms with Crippen molar-refractivity contribution in [2.45, 2.75) is 26.4 Å². The fourth-order valence-electron chi connectivity index (χ4n) is 1.05. The Labute approximate surface area is 121 Å². The van der Waals surface area contributed by atoms with Crippen LogP contribution < -0.4 is 5.32 Å². The largest absolute Gasteiger partial charge is 0.444 e. The van der Waals surface area contributed by atoms with E-state index < -0.39 is 17.5 Å². The summed E-state index contributed by atoms with van der Waals surface area (Å²) in [4.78, 5) is 11.5. The molecule has 94 valence electrons. The molecule has 0 fully saturated rings. The van der Waals surface area contributed by atoms with Crippen LogP contribution in [0, 0.1) is 9.39 Å². The van der Waals surface area contributed by atoms with E-state index in [0.29, 0.717) is 13.7 Å². The first kappa shape index (κ1) is 14.7. The lowest BCUT2D eigenvalue weighted by Gasteiger charge is -2.19. The quantitative estimate of drug-likeness (QED) is 0.540. The number of amides is 1. The van der Waals surface area contributed by atoms with Crippen molar-refractivity contribution < 1.29 is 13.9 Å². The van der Waals surface area contributed by atoms with Gasteiger partial charge in [0.2, 0.25) is 0 Å². The van der Waals surface area contributed by atoms with Gasteiger partial charge in [-0.1, -0.05) is 0 Å². The number of hydrogen-bond donors (Lipinski definition) is 1. The number of ether oxygens (including phenoxy) is 1. The van der Waals surface area contributed by atoms with E-state index in [-0.39, 0.29) is 0 Å². The third-order valence-electron chi connectivity index (χ3n) is 1.63. The zero-order chi connectivity index (χ0) is 13.2. The van der Waals surface area contributed by atoms with Crippen LogP contribution in [0.15, 0.2) is 16.6 Å². The SMILES string of the molecule is CC(C)(C)OC(=O)Nc1cc(F)c(I)c(Br)c1. The first-order valence-electron chi connectivity index (χ1n) is 4.83. The molecule has 0 aliphatic carbocycles. The van der Waals surface area contributed by atoms with Gasteiger partial charge in [0.1, 0.15) is 11.4 Å². The molecule has 0 radical (unpaired) electrons. The highest BCUT2D eigenvalue weighted by molar-refractivity contribution is 14.1. The minimum atomic E-state index is -0.606. The van der Waals surface area contributed by atoms with E-state index in [1.165, 1.54) is 6.07 Å². The topological polar surface area (TPSA) is 38.3 Å². The van der Waals surface area contributed by atoms with Crippen molar-refractivity contribution in [3.63, 3.8) is 0 Å². The van der Waals surface area contributed by atoms with Crippen molar-refractivity contribution in [3.8, 4) is 0 Å². The zero-order valence-corrected chi connectivity index (χ0v) is 13.3. The van der Waals surface area contributed by atoms with Crippen molar-refractivity contribution >= 4 is 50.3 Å². The molecular formula is C11H12BrFINO2. The van der Waals surface area contributed by atoms with Crippen LogP contribution in [0.25, 0.3) is 0 Å². The number of nitrogens with one attached hydrogen (secondary N) is 1. The lowest BCUT2D eigenvalue weighted by atomic mass is 10.2. The van der Waals surface area contributed by atoms with Gasteiger partial charge in [-0.25, -0.2) is 9.18 Å². The third kappa shape index (κ3) is 4.79. The molecule has 1 aromatic rings. The van der Waals surface area contributed by atoms with Gasteiger partial charge in [0, 0.05) is 10.2 Å². The Kier molecular flexibility index (Phi) is 4.77.